The fourth-order valence-electron chi connectivity index (χ4n) is 0.847. The van der Waals surface area contributed by atoms with E-state index in [1.54, 1.807) is 0 Å². The monoisotopic (exact) mass is 253 g/mol. The average molecular weight is 253 g/mol. The maximum absolute atomic E-state index is 11.1. The third-order valence-corrected chi connectivity index (χ3v) is 1.71. The first-order valence-electron chi connectivity index (χ1n) is 4.41. The van der Waals surface area contributed by atoms with Gasteiger partial charge in [-0.1, -0.05) is 0 Å². The van der Waals surface area contributed by atoms with Gasteiger partial charge in [-0.25, -0.2) is 4.79 Å². The predicted octanol–water partition coefficient (Wildman–Crippen LogP) is -3.48. The molecule has 0 fully saturated rings. The van der Waals surface area contributed by atoms with Crippen LogP contribution in [0.25, 0.3) is 0 Å². The number of amides is 2. The number of primary amides is 1. The summed E-state index contributed by atoms with van der Waals surface area (Å²) < 4.78 is 0. The summed E-state index contributed by atoms with van der Waals surface area (Å²) in [6.45, 7) is 1.43. The molecule has 0 saturated carbocycles. The smallest absolute Gasteiger partial charge is 0.326 e. The van der Waals surface area contributed by atoms with Crippen molar-refractivity contribution in [3.63, 3.8) is 0 Å². The van der Waals surface area contributed by atoms with Crippen molar-refractivity contribution in [3.05, 3.63) is 0 Å². The van der Waals surface area contributed by atoms with Gasteiger partial charge in [0.2, 0.25) is 11.8 Å². The van der Waals surface area contributed by atoms with Crippen LogP contribution in [0.5, 0.6) is 0 Å². The summed E-state index contributed by atoms with van der Waals surface area (Å²) in [6.07, 6.45) is -0.140. The first-order chi connectivity index (χ1) is 6.84. The molecule has 0 aromatic heterocycles. The van der Waals surface area contributed by atoms with Crippen molar-refractivity contribution in [2.45, 2.75) is 31.8 Å². The third kappa shape index (κ3) is 9.23. The van der Waals surface area contributed by atoms with E-state index in [1.165, 1.54) is 6.92 Å². The quantitative estimate of drug-likeness (QED) is 0.380. The van der Waals surface area contributed by atoms with Crippen molar-refractivity contribution in [1.29, 1.82) is 0 Å². The van der Waals surface area contributed by atoms with Gasteiger partial charge in [0.1, 0.15) is 6.04 Å². The number of carboxylic acid groups (broad SMARTS) is 1. The van der Waals surface area contributed by atoms with E-state index in [0.29, 0.717) is 0 Å². The van der Waals surface area contributed by atoms with E-state index in [1.807, 2.05) is 0 Å². The van der Waals surface area contributed by atoms with Crippen LogP contribution in [-0.2, 0) is 14.4 Å². The molecule has 0 heterocycles. The maximum atomic E-state index is 11.1. The molecule has 0 unspecified atom stereocenters. The van der Waals surface area contributed by atoms with Gasteiger partial charge in [0.15, 0.2) is 0 Å². The SMILES string of the molecule is C[C@H](N)C(=O)N[C@@H](CCC(N)=O)C(=O)O.O.O. The molecule has 0 rings (SSSR count). The van der Waals surface area contributed by atoms with Gasteiger partial charge in [0.25, 0.3) is 0 Å². The number of nitrogens with one attached hydrogen (secondary N) is 1. The summed E-state index contributed by atoms with van der Waals surface area (Å²) in [6, 6.07) is -1.92. The number of carbonyl (C=O) groups excluding carboxylic acids is 2. The number of carbonyl (C=O) groups is 3. The Balaban J connectivity index is -0.000000980. The topological polar surface area (TPSA) is 199 Å². The fourth-order valence-corrected chi connectivity index (χ4v) is 0.847. The zero-order valence-electron chi connectivity index (χ0n) is 9.40. The molecule has 2 atom stereocenters. The number of hydrogen-bond acceptors (Lipinski definition) is 4. The first-order valence-corrected chi connectivity index (χ1v) is 4.41. The highest BCUT2D eigenvalue weighted by atomic mass is 16.4. The molecular formula is C8H19N3O6. The third-order valence-electron chi connectivity index (χ3n) is 1.71. The number of carboxylic acids is 1. The molecule has 0 spiro atoms. The molecule has 0 aromatic carbocycles. The van der Waals surface area contributed by atoms with E-state index < -0.39 is 29.9 Å². The van der Waals surface area contributed by atoms with E-state index in [0.717, 1.165) is 0 Å². The molecule has 17 heavy (non-hydrogen) atoms. The Morgan fingerprint density at radius 1 is 1.29 bits per heavy atom. The van der Waals surface area contributed by atoms with Crippen LogP contribution in [0.2, 0.25) is 0 Å². The van der Waals surface area contributed by atoms with Gasteiger partial charge in [-0.05, 0) is 13.3 Å². The molecule has 2 amide bonds. The maximum Gasteiger partial charge on any atom is 0.326 e. The average Bonchev–Trinajstić information content (AvgIpc) is 2.10. The van der Waals surface area contributed by atoms with Crippen LogP contribution in [-0.4, -0.2) is 45.9 Å². The number of rotatable bonds is 6. The van der Waals surface area contributed by atoms with Crippen molar-refractivity contribution >= 4 is 17.8 Å². The molecule has 0 aliphatic heterocycles. The van der Waals surface area contributed by atoms with Gasteiger partial charge < -0.3 is 32.8 Å². The highest BCUT2D eigenvalue weighted by Gasteiger charge is 2.21. The summed E-state index contributed by atoms with van der Waals surface area (Å²) in [7, 11) is 0. The molecular weight excluding hydrogens is 234 g/mol. The Morgan fingerprint density at radius 2 is 1.76 bits per heavy atom. The lowest BCUT2D eigenvalue weighted by atomic mass is 10.1. The van der Waals surface area contributed by atoms with Crippen molar-refractivity contribution in [3.8, 4) is 0 Å². The predicted molar refractivity (Wildman–Crippen MR) is 58.9 cm³/mol. The van der Waals surface area contributed by atoms with Gasteiger partial charge in [0.05, 0.1) is 6.04 Å². The van der Waals surface area contributed by atoms with Crippen LogP contribution in [0.1, 0.15) is 19.8 Å². The van der Waals surface area contributed by atoms with Gasteiger partial charge in [-0.3, -0.25) is 9.59 Å². The largest absolute Gasteiger partial charge is 0.480 e. The first kappa shape index (κ1) is 20.7. The zero-order chi connectivity index (χ0) is 12.0. The minimum atomic E-state index is -1.22. The summed E-state index contributed by atoms with van der Waals surface area (Å²) in [4.78, 5) is 32.2. The van der Waals surface area contributed by atoms with Crippen LogP contribution in [0.15, 0.2) is 0 Å². The van der Waals surface area contributed by atoms with E-state index in [4.69, 9.17) is 16.6 Å². The molecule has 0 saturated heterocycles. The molecule has 9 heteroatoms. The number of nitrogens with two attached hydrogens (primary N) is 2. The van der Waals surface area contributed by atoms with Gasteiger partial charge in [-0.2, -0.15) is 0 Å². The Bertz CT molecular complexity index is 268. The molecule has 0 aliphatic carbocycles. The summed E-state index contributed by atoms with van der Waals surface area (Å²) in [5, 5.41) is 10.9. The molecule has 0 bridgehead atoms. The van der Waals surface area contributed by atoms with Crippen molar-refractivity contribution in [2.75, 3.05) is 0 Å². The Kier molecular flexibility index (Phi) is 11.6. The number of hydrogen-bond donors (Lipinski definition) is 4. The minimum absolute atomic E-state index is 0. The summed E-state index contributed by atoms with van der Waals surface area (Å²) in [5.41, 5.74) is 10.1. The van der Waals surface area contributed by atoms with E-state index in [-0.39, 0.29) is 23.8 Å². The molecule has 0 aliphatic rings. The van der Waals surface area contributed by atoms with E-state index in [2.05, 4.69) is 5.32 Å². The minimum Gasteiger partial charge on any atom is -0.480 e. The van der Waals surface area contributed by atoms with E-state index in [9.17, 15) is 14.4 Å². The van der Waals surface area contributed by atoms with Gasteiger partial charge in [0, 0.05) is 6.42 Å². The van der Waals surface area contributed by atoms with Crippen LogP contribution >= 0.6 is 0 Å². The van der Waals surface area contributed by atoms with Gasteiger partial charge in [-0.15, -0.1) is 0 Å². The highest BCUT2D eigenvalue weighted by Crippen LogP contribution is 1.97. The van der Waals surface area contributed by atoms with Crippen LogP contribution in [0.4, 0.5) is 0 Å². The standard InChI is InChI=1S/C8H15N3O4.2H2O/c1-4(9)7(13)11-5(8(14)15)2-3-6(10)12;;/h4-5H,2-3,9H2,1H3,(H2,10,12)(H,11,13)(H,14,15);2*1H2/t4-,5-;;/m0../s1. The second kappa shape index (κ2) is 9.51. The van der Waals surface area contributed by atoms with Crippen LogP contribution in [0, 0.1) is 0 Å². The summed E-state index contributed by atoms with van der Waals surface area (Å²) in [5.74, 6) is -2.41. The molecule has 0 radical (unpaired) electrons. The second-order valence-electron chi connectivity index (χ2n) is 3.19. The zero-order valence-corrected chi connectivity index (χ0v) is 9.40. The lowest BCUT2D eigenvalue weighted by molar-refractivity contribution is -0.142. The highest BCUT2D eigenvalue weighted by molar-refractivity contribution is 5.86. The van der Waals surface area contributed by atoms with Crippen LogP contribution in [0.3, 0.4) is 0 Å². The van der Waals surface area contributed by atoms with Crippen molar-refractivity contribution in [1.82, 2.24) is 5.32 Å². The van der Waals surface area contributed by atoms with Crippen molar-refractivity contribution < 1.29 is 30.4 Å². The summed E-state index contributed by atoms with van der Waals surface area (Å²) >= 11 is 0. The molecule has 102 valence electrons. The Hall–Kier alpha value is -1.71. The molecule has 9 nitrogen and oxygen atoms in total. The fraction of sp³-hybridized carbons (Fsp3) is 0.625. The van der Waals surface area contributed by atoms with Crippen molar-refractivity contribution in [2.24, 2.45) is 11.5 Å². The van der Waals surface area contributed by atoms with Gasteiger partial charge >= 0.3 is 5.97 Å². The Labute approximate surface area is 97.8 Å². The second-order valence-corrected chi connectivity index (χ2v) is 3.19. The van der Waals surface area contributed by atoms with Crippen LogP contribution < -0.4 is 16.8 Å². The van der Waals surface area contributed by atoms with E-state index >= 15 is 0 Å². The molecule has 0 aromatic rings. The lowest BCUT2D eigenvalue weighted by Crippen LogP contribution is -2.47. The number of aliphatic carboxylic acids is 1. The normalized spacial score (nSPS) is 12.4. The lowest BCUT2D eigenvalue weighted by Gasteiger charge is -2.14. The molecule has 10 N–H and O–H groups in total. The Morgan fingerprint density at radius 3 is 2.06 bits per heavy atom.